The molecule has 0 amide bonds. The zero-order chi connectivity index (χ0) is 12.5. The molecule has 0 aliphatic rings. The number of nitrogens with one attached hydrogen (secondary N) is 1. The average Bonchev–Trinajstić information content (AvgIpc) is 2.56. The lowest BCUT2D eigenvalue weighted by molar-refractivity contribution is -0.274. The van der Waals surface area contributed by atoms with Crippen molar-refractivity contribution in [2.24, 2.45) is 0 Å². The monoisotopic (exact) mass is 243 g/mol. The van der Waals surface area contributed by atoms with Crippen molar-refractivity contribution in [2.45, 2.75) is 26.1 Å². The summed E-state index contributed by atoms with van der Waals surface area (Å²) >= 11 is 0. The van der Waals surface area contributed by atoms with Crippen LogP contribution in [-0.4, -0.2) is 11.3 Å². The average molecular weight is 243 g/mol. The lowest BCUT2D eigenvalue weighted by Gasteiger charge is -2.09. The Morgan fingerprint density at radius 2 is 1.94 bits per heavy atom. The van der Waals surface area contributed by atoms with Gasteiger partial charge in [-0.3, -0.25) is 0 Å². The van der Waals surface area contributed by atoms with Crippen LogP contribution in [0.1, 0.15) is 19.0 Å². The van der Waals surface area contributed by atoms with E-state index in [1.807, 2.05) is 6.92 Å². The highest BCUT2D eigenvalue weighted by Crippen LogP contribution is 2.34. The van der Waals surface area contributed by atoms with Gasteiger partial charge >= 0.3 is 6.36 Å². The summed E-state index contributed by atoms with van der Waals surface area (Å²) in [6.45, 7) is 1.91. The third-order valence-corrected chi connectivity index (χ3v) is 2.45. The van der Waals surface area contributed by atoms with Crippen molar-refractivity contribution in [1.82, 2.24) is 4.98 Å². The molecular weight excluding hydrogens is 231 g/mol. The molecule has 92 valence electrons. The molecule has 0 aliphatic heterocycles. The quantitative estimate of drug-likeness (QED) is 0.865. The Labute approximate surface area is 96.4 Å². The number of benzene rings is 1. The van der Waals surface area contributed by atoms with Crippen molar-refractivity contribution < 1.29 is 17.9 Å². The van der Waals surface area contributed by atoms with Crippen LogP contribution < -0.4 is 4.74 Å². The second-order valence-corrected chi connectivity index (χ2v) is 3.78. The first kappa shape index (κ1) is 11.8. The number of hydrogen-bond donors (Lipinski definition) is 1. The van der Waals surface area contributed by atoms with Crippen LogP contribution in [0.15, 0.2) is 24.3 Å². The molecule has 0 saturated carbocycles. The number of hydrogen-bond acceptors (Lipinski definition) is 1. The predicted octanol–water partition coefficient (Wildman–Crippen LogP) is 4.02. The molecule has 0 bridgehead atoms. The molecule has 0 aliphatic carbocycles. The fourth-order valence-corrected chi connectivity index (χ4v) is 1.83. The van der Waals surface area contributed by atoms with Crippen molar-refractivity contribution in [3.05, 3.63) is 30.0 Å². The smallest absolute Gasteiger partial charge is 0.403 e. The molecule has 0 unspecified atom stereocenters. The number of aromatic nitrogens is 1. The van der Waals surface area contributed by atoms with Gasteiger partial charge in [0.15, 0.2) is 5.75 Å². The molecule has 5 heteroatoms. The van der Waals surface area contributed by atoms with Crippen molar-refractivity contribution in [2.75, 3.05) is 0 Å². The number of aryl methyl sites for hydroxylation is 1. The number of halogens is 3. The predicted molar refractivity (Wildman–Crippen MR) is 59.0 cm³/mol. The number of alkyl halides is 3. The van der Waals surface area contributed by atoms with E-state index < -0.39 is 6.36 Å². The Bertz CT molecular complexity index is 516. The maximum atomic E-state index is 12.3. The van der Waals surface area contributed by atoms with E-state index >= 15 is 0 Å². The maximum absolute atomic E-state index is 12.3. The van der Waals surface area contributed by atoms with Crippen LogP contribution in [0.2, 0.25) is 0 Å². The number of aromatic amines is 1. The first-order chi connectivity index (χ1) is 8.01. The highest BCUT2D eigenvalue weighted by atomic mass is 19.4. The number of H-pyrrole nitrogens is 1. The molecule has 2 aromatic rings. The Kier molecular flexibility index (Phi) is 3.00. The molecule has 0 atom stereocenters. The van der Waals surface area contributed by atoms with Gasteiger partial charge in [-0.2, -0.15) is 0 Å². The highest BCUT2D eigenvalue weighted by Gasteiger charge is 2.33. The molecule has 1 N–H and O–H groups in total. The van der Waals surface area contributed by atoms with Crippen molar-refractivity contribution in [3.63, 3.8) is 0 Å². The van der Waals surface area contributed by atoms with Gasteiger partial charge in [-0.25, -0.2) is 0 Å². The van der Waals surface area contributed by atoms with E-state index in [-0.39, 0.29) is 5.75 Å². The maximum Gasteiger partial charge on any atom is 0.573 e. The van der Waals surface area contributed by atoms with Gasteiger partial charge in [0.25, 0.3) is 0 Å². The zero-order valence-corrected chi connectivity index (χ0v) is 9.27. The summed E-state index contributed by atoms with van der Waals surface area (Å²) in [4.78, 5) is 2.96. The zero-order valence-electron chi connectivity index (χ0n) is 9.27. The summed E-state index contributed by atoms with van der Waals surface area (Å²) < 4.78 is 41.1. The summed E-state index contributed by atoms with van der Waals surface area (Å²) in [6.07, 6.45) is -3.38. The minimum absolute atomic E-state index is 0.102. The minimum atomic E-state index is -4.66. The van der Waals surface area contributed by atoms with E-state index in [4.69, 9.17) is 0 Å². The number of ether oxygens (including phenoxy) is 1. The van der Waals surface area contributed by atoms with E-state index in [1.165, 1.54) is 0 Å². The fraction of sp³-hybridized carbons (Fsp3) is 0.333. The Morgan fingerprint density at radius 3 is 2.59 bits per heavy atom. The molecule has 2 nitrogen and oxygen atoms in total. The third-order valence-electron chi connectivity index (χ3n) is 2.45. The molecule has 0 saturated heterocycles. The number of para-hydroxylation sites is 1. The van der Waals surface area contributed by atoms with E-state index in [0.717, 1.165) is 6.42 Å². The topological polar surface area (TPSA) is 25.0 Å². The molecular formula is C12H12F3NO. The second-order valence-electron chi connectivity index (χ2n) is 3.78. The van der Waals surface area contributed by atoms with Gasteiger partial charge in [0.1, 0.15) is 0 Å². The Morgan fingerprint density at radius 1 is 1.24 bits per heavy atom. The standard InChI is InChI=1S/C12H12F3NO/c1-2-5-10-11(17-12(13,14)15)8-6-3-4-7-9(8)16-10/h3-4,6-7,16H,2,5H2,1H3. The molecule has 1 heterocycles. The fourth-order valence-electron chi connectivity index (χ4n) is 1.83. The van der Waals surface area contributed by atoms with Gasteiger partial charge in [0.2, 0.25) is 0 Å². The lowest BCUT2D eigenvalue weighted by atomic mass is 10.2. The van der Waals surface area contributed by atoms with Crippen LogP contribution in [0.25, 0.3) is 10.9 Å². The second kappa shape index (κ2) is 4.31. The van der Waals surface area contributed by atoms with Crippen LogP contribution in [-0.2, 0) is 6.42 Å². The lowest BCUT2D eigenvalue weighted by Crippen LogP contribution is -2.17. The molecule has 0 spiro atoms. The Hall–Kier alpha value is -1.65. The SMILES string of the molecule is CCCc1[nH]c2ccccc2c1OC(F)(F)F. The number of rotatable bonds is 3. The normalized spacial score (nSPS) is 12.0. The van der Waals surface area contributed by atoms with Crippen LogP contribution in [0.5, 0.6) is 5.75 Å². The summed E-state index contributed by atoms with van der Waals surface area (Å²) in [5, 5.41) is 0.466. The first-order valence-corrected chi connectivity index (χ1v) is 5.36. The Balaban J connectivity index is 2.51. The summed E-state index contributed by atoms with van der Waals surface area (Å²) in [6, 6.07) is 6.81. The third kappa shape index (κ3) is 2.54. The van der Waals surface area contributed by atoms with E-state index in [0.29, 0.717) is 23.0 Å². The molecule has 0 radical (unpaired) electrons. The molecule has 1 aromatic carbocycles. The van der Waals surface area contributed by atoms with Gasteiger partial charge in [-0.05, 0) is 18.6 Å². The molecule has 17 heavy (non-hydrogen) atoms. The summed E-state index contributed by atoms with van der Waals surface area (Å²) in [7, 11) is 0. The van der Waals surface area contributed by atoms with Crippen molar-refractivity contribution in [1.29, 1.82) is 0 Å². The summed E-state index contributed by atoms with van der Waals surface area (Å²) in [5.74, 6) is -0.102. The molecule has 2 rings (SSSR count). The van der Waals surface area contributed by atoms with E-state index in [2.05, 4.69) is 9.72 Å². The van der Waals surface area contributed by atoms with E-state index in [1.54, 1.807) is 24.3 Å². The van der Waals surface area contributed by atoms with Crippen molar-refractivity contribution in [3.8, 4) is 5.75 Å². The molecule has 0 fully saturated rings. The van der Waals surface area contributed by atoms with E-state index in [9.17, 15) is 13.2 Å². The van der Waals surface area contributed by atoms with Crippen molar-refractivity contribution >= 4 is 10.9 Å². The van der Waals surface area contributed by atoms with Gasteiger partial charge in [-0.15, -0.1) is 13.2 Å². The van der Waals surface area contributed by atoms with Crippen LogP contribution in [0.3, 0.4) is 0 Å². The van der Waals surface area contributed by atoms with Gasteiger partial charge in [0, 0.05) is 10.9 Å². The highest BCUT2D eigenvalue weighted by molar-refractivity contribution is 5.87. The van der Waals surface area contributed by atoms with Crippen LogP contribution in [0.4, 0.5) is 13.2 Å². The number of fused-ring (bicyclic) bond motifs is 1. The first-order valence-electron chi connectivity index (χ1n) is 5.36. The minimum Gasteiger partial charge on any atom is -0.403 e. The van der Waals surface area contributed by atoms with Crippen LogP contribution in [0, 0.1) is 0 Å². The van der Waals surface area contributed by atoms with Crippen LogP contribution >= 0.6 is 0 Å². The summed E-state index contributed by atoms with van der Waals surface area (Å²) in [5.41, 5.74) is 1.15. The largest absolute Gasteiger partial charge is 0.573 e. The van der Waals surface area contributed by atoms with Gasteiger partial charge in [-0.1, -0.05) is 25.5 Å². The molecule has 1 aromatic heterocycles. The van der Waals surface area contributed by atoms with Gasteiger partial charge in [0.05, 0.1) is 5.69 Å². The van der Waals surface area contributed by atoms with Gasteiger partial charge < -0.3 is 9.72 Å².